The molecule has 0 saturated carbocycles. The van der Waals surface area contributed by atoms with Crippen LogP contribution in [-0.2, 0) is 10.8 Å². The molecule has 0 aliphatic rings. The molecule has 0 spiro atoms. The number of benzene rings is 5. The minimum Gasteiger partial charge on any atom is -0.355 e. The van der Waals surface area contributed by atoms with E-state index < -0.39 is 11.6 Å². The van der Waals surface area contributed by atoms with Crippen LogP contribution >= 0.6 is 0 Å². The first-order chi connectivity index (χ1) is 22.3. The maximum Gasteiger partial charge on any atom is 0.133 e. The SMILES string of the molecule is CC.CC(C)(C)c1ccc(Nc2ccc(-c3ccc(N(c4ccccc4)c4ccc(C(C)(C)C)cc4)cc3F)c(F)c2)cc1.CCC. The van der Waals surface area contributed by atoms with Crippen molar-refractivity contribution in [3.8, 4) is 11.1 Å². The molecular formula is C43H52F2N2. The Morgan fingerprint density at radius 1 is 0.511 bits per heavy atom. The predicted molar refractivity (Wildman–Crippen MR) is 201 cm³/mol. The summed E-state index contributed by atoms with van der Waals surface area (Å²) in [6.07, 6.45) is 1.25. The molecule has 0 radical (unpaired) electrons. The molecule has 2 nitrogen and oxygen atoms in total. The van der Waals surface area contributed by atoms with Gasteiger partial charge in [-0.3, -0.25) is 0 Å². The molecule has 0 heterocycles. The van der Waals surface area contributed by atoms with Gasteiger partial charge in [-0.25, -0.2) is 8.78 Å². The summed E-state index contributed by atoms with van der Waals surface area (Å²) in [6.45, 7) is 21.3. The Balaban J connectivity index is 0.00000114. The van der Waals surface area contributed by atoms with Gasteiger partial charge in [-0.05, 0) is 94.8 Å². The minimum atomic E-state index is -0.490. The predicted octanol–water partition coefficient (Wildman–Crippen LogP) is 13.9. The average molecular weight is 635 g/mol. The van der Waals surface area contributed by atoms with Crippen LogP contribution in [-0.4, -0.2) is 0 Å². The van der Waals surface area contributed by atoms with Crippen LogP contribution in [0.5, 0.6) is 0 Å². The third-order valence-corrected chi connectivity index (χ3v) is 7.52. The van der Waals surface area contributed by atoms with Gasteiger partial charge in [0.05, 0.1) is 0 Å². The van der Waals surface area contributed by atoms with Gasteiger partial charge in [0.15, 0.2) is 0 Å². The van der Waals surface area contributed by atoms with Crippen LogP contribution in [0.2, 0.25) is 0 Å². The van der Waals surface area contributed by atoms with Crippen molar-refractivity contribution in [3.63, 3.8) is 0 Å². The first-order valence-corrected chi connectivity index (χ1v) is 16.7. The molecule has 0 amide bonds. The molecule has 0 unspecified atom stereocenters. The maximum absolute atomic E-state index is 15.7. The largest absolute Gasteiger partial charge is 0.355 e. The van der Waals surface area contributed by atoms with Gasteiger partial charge >= 0.3 is 0 Å². The number of halogens is 2. The van der Waals surface area contributed by atoms with Gasteiger partial charge in [-0.2, -0.15) is 0 Å². The molecule has 5 aromatic rings. The summed E-state index contributed by atoms with van der Waals surface area (Å²) in [7, 11) is 0. The van der Waals surface area contributed by atoms with E-state index in [4.69, 9.17) is 0 Å². The van der Waals surface area contributed by atoms with E-state index in [1.807, 2.05) is 67.3 Å². The van der Waals surface area contributed by atoms with E-state index in [1.54, 1.807) is 18.2 Å². The second-order valence-corrected chi connectivity index (χ2v) is 13.5. The van der Waals surface area contributed by atoms with Crippen LogP contribution in [0.25, 0.3) is 11.1 Å². The molecule has 0 atom stereocenters. The molecule has 1 N–H and O–H groups in total. The van der Waals surface area contributed by atoms with E-state index in [0.717, 1.165) is 17.1 Å². The quantitative estimate of drug-likeness (QED) is 0.200. The fraction of sp³-hybridized carbons (Fsp3) is 0.302. The van der Waals surface area contributed by atoms with Gasteiger partial charge in [0.1, 0.15) is 11.6 Å². The van der Waals surface area contributed by atoms with Crippen molar-refractivity contribution in [1.82, 2.24) is 0 Å². The van der Waals surface area contributed by atoms with Crippen LogP contribution in [0.15, 0.2) is 115 Å². The molecule has 0 bridgehead atoms. The fourth-order valence-corrected chi connectivity index (χ4v) is 5.03. The summed E-state index contributed by atoms with van der Waals surface area (Å²) < 4.78 is 31.0. The highest BCUT2D eigenvalue weighted by Crippen LogP contribution is 2.38. The fourth-order valence-electron chi connectivity index (χ4n) is 5.03. The average Bonchev–Trinajstić information content (AvgIpc) is 3.03. The van der Waals surface area contributed by atoms with Crippen molar-refractivity contribution in [3.05, 3.63) is 138 Å². The molecule has 0 fully saturated rings. The van der Waals surface area contributed by atoms with Crippen molar-refractivity contribution in [2.24, 2.45) is 0 Å². The zero-order chi connectivity index (χ0) is 34.8. The Hall–Kier alpha value is -4.44. The Labute approximate surface area is 282 Å². The monoisotopic (exact) mass is 634 g/mol. The molecular weight excluding hydrogens is 582 g/mol. The van der Waals surface area contributed by atoms with E-state index in [-0.39, 0.29) is 22.0 Å². The third-order valence-electron chi connectivity index (χ3n) is 7.52. The highest BCUT2D eigenvalue weighted by Gasteiger charge is 2.19. The van der Waals surface area contributed by atoms with Gasteiger partial charge in [-0.15, -0.1) is 0 Å². The van der Waals surface area contributed by atoms with Crippen molar-refractivity contribution in [2.45, 2.75) is 86.5 Å². The summed E-state index contributed by atoms with van der Waals surface area (Å²) in [6, 6.07) is 36.1. The van der Waals surface area contributed by atoms with Crippen LogP contribution in [0.3, 0.4) is 0 Å². The molecule has 0 aliphatic heterocycles. The summed E-state index contributed by atoms with van der Waals surface area (Å²) in [5.41, 5.74) is 6.90. The zero-order valence-electron chi connectivity index (χ0n) is 29.9. The lowest BCUT2D eigenvalue weighted by Gasteiger charge is -2.27. The second-order valence-electron chi connectivity index (χ2n) is 13.5. The molecule has 0 aliphatic carbocycles. The van der Waals surface area contributed by atoms with Crippen LogP contribution in [0.4, 0.5) is 37.2 Å². The molecule has 5 rings (SSSR count). The topological polar surface area (TPSA) is 15.3 Å². The second kappa shape index (κ2) is 16.4. The standard InChI is InChI=1S/C38H38F2N2.C3H8.C2H6/c1-37(2,3)26-12-16-28(17-13-26)41-29-18-22-33(35(39)24-29)34-23-21-32(25-36(34)40)42(30-10-8-7-9-11-30)31-19-14-27(15-20-31)38(4,5)6;1-3-2;1-2/h7-25,41H,1-6H3;3H2,1-2H3;1-2H3. The molecule has 0 saturated heterocycles. The van der Waals surface area contributed by atoms with E-state index in [9.17, 15) is 0 Å². The first-order valence-electron chi connectivity index (χ1n) is 16.7. The Morgan fingerprint density at radius 2 is 0.915 bits per heavy atom. The van der Waals surface area contributed by atoms with Crippen LogP contribution < -0.4 is 10.2 Å². The smallest absolute Gasteiger partial charge is 0.133 e. The van der Waals surface area contributed by atoms with Gasteiger partial charge in [-0.1, -0.05) is 118 Å². The van der Waals surface area contributed by atoms with Crippen molar-refractivity contribution in [2.75, 3.05) is 10.2 Å². The molecule has 5 aromatic carbocycles. The Kier molecular flexibility index (Phi) is 12.9. The van der Waals surface area contributed by atoms with Gasteiger partial charge < -0.3 is 10.2 Å². The third kappa shape index (κ3) is 9.78. The number of para-hydroxylation sites is 1. The molecule has 4 heteroatoms. The van der Waals surface area contributed by atoms with E-state index in [0.29, 0.717) is 11.4 Å². The molecule has 47 heavy (non-hydrogen) atoms. The van der Waals surface area contributed by atoms with Gasteiger partial charge in [0.2, 0.25) is 0 Å². The number of hydrogen-bond acceptors (Lipinski definition) is 2. The van der Waals surface area contributed by atoms with E-state index >= 15 is 8.78 Å². The normalized spacial score (nSPS) is 11.1. The maximum atomic E-state index is 15.7. The highest BCUT2D eigenvalue weighted by atomic mass is 19.1. The number of nitrogens with zero attached hydrogens (tertiary/aromatic N) is 1. The number of nitrogens with one attached hydrogen (secondary N) is 1. The molecule has 248 valence electrons. The number of rotatable bonds is 6. The zero-order valence-corrected chi connectivity index (χ0v) is 29.9. The first kappa shape index (κ1) is 37.0. The van der Waals surface area contributed by atoms with Crippen molar-refractivity contribution < 1.29 is 8.78 Å². The Morgan fingerprint density at radius 3 is 1.38 bits per heavy atom. The lowest BCUT2D eigenvalue weighted by molar-refractivity contribution is 0.590. The summed E-state index contributed by atoms with van der Waals surface area (Å²) in [5, 5.41) is 3.25. The number of hydrogen-bond donors (Lipinski definition) is 1. The van der Waals surface area contributed by atoms with E-state index in [1.165, 1.54) is 29.7 Å². The van der Waals surface area contributed by atoms with Gasteiger partial charge in [0.25, 0.3) is 0 Å². The van der Waals surface area contributed by atoms with Crippen molar-refractivity contribution >= 4 is 28.4 Å². The van der Waals surface area contributed by atoms with Crippen molar-refractivity contribution in [1.29, 1.82) is 0 Å². The lowest BCUT2D eigenvalue weighted by Crippen LogP contribution is -2.13. The summed E-state index contributed by atoms with van der Waals surface area (Å²) in [5.74, 6) is -0.979. The number of anilines is 5. The minimum absolute atomic E-state index is 0.0237. The van der Waals surface area contributed by atoms with Crippen LogP contribution in [0, 0.1) is 11.6 Å². The Bertz CT molecular complexity index is 1680. The summed E-state index contributed by atoms with van der Waals surface area (Å²) in [4.78, 5) is 2.01. The van der Waals surface area contributed by atoms with E-state index in [2.05, 4.69) is 97.1 Å². The van der Waals surface area contributed by atoms with Crippen LogP contribution in [0.1, 0.15) is 86.8 Å². The highest BCUT2D eigenvalue weighted by molar-refractivity contribution is 5.79. The lowest BCUT2D eigenvalue weighted by atomic mass is 9.87. The van der Waals surface area contributed by atoms with Gasteiger partial charge in [0, 0.05) is 39.6 Å². The molecule has 0 aromatic heterocycles. The summed E-state index contributed by atoms with van der Waals surface area (Å²) >= 11 is 0.